The molecule has 1 aromatic heterocycles. The molecule has 164 valence electrons. The quantitative estimate of drug-likeness (QED) is 0.451. The van der Waals surface area contributed by atoms with E-state index in [9.17, 15) is 4.79 Å². The molecule has 2 aromatic carbocycles. The summed E-state index contributed by atoms with van der Waals surface area (Å²) in [6.07, 6.45) is 3.55. The van der Waals surface area contributed by atoms with Crippen molar-refractivity contribution < 1.29 is 23.4 Å². The number of rotatable bonds is 9. The topological polar surface area (TPSA) is 67.1 Å². The Labute approximate surface area is 181 Å². The van der Waals surface area contributed by atoms with Crippen LogP contribution in [-0.2, 0) is 15.9 Å². The molecule has 0 saturated heterocycles. The molecular formula is C25H28O6. The zero-order valence-corrected chi connectivity index (χ0v) is 18.2. The number of hydrogen-bond acceptors (Lipinski definition) is 6. The average Bonchev–Trinajstić information content (AvgIpc) is 2.78. The van der Waals surface area contributed by atoms with Crippen LogP contribution in [0.25, 0.3) is 11.0 Å². The molecule has 1 aliphatic rings. The van der Waals surface area contributed by atoms with Crippen LogP contribution in [-0.4, -0.2) is 27.8 Å². The highest BCUT2D eigenvalue weighted by Crippen LogP contribution is 2.40. The van der Waals surface area contributed by atoms with E-state index in [0.29, 0.717) is 23.1 Å². The maximum atomic E-state index is 13.5. The van der Waals surface area contributed by atoms with Gasteiger partial charge in [0, 0.05) is 38.2 Å². The second-order valence-corrected chi connectivity index (χ2v) is 7.76. The van der Waals surface area contributed by atoms with Gasteiger partial charge in [-0.25, -0.2) is 0 Å². The van der Waals surface area contributed by atoms with Gasteiger partial charge in [0.15, 0.2) is 19.0 Å². The molecule has 0 saturated carbocycles. The van der Waals surface area contributed by atoms with Gasteiger partial charge >= 0.3 is 0 Å². The minimum absolute atomic E-state index is 0.0141. The van der Waals surface area contributed by atoms with Crippen molar-refractivity contribution in [2.24, 2.45) is 0 Å². The maximum Gasteiger partial charge on any atom is 0.196 e. The highest BCUT2D eigenvalue weighted by molar-refractivity contribution is 5.79. The first-order valence-electron chi connectivity index (χ1n) is 10.6. The van der Waals surface area contributed by atoms with Crippen LogP contribution < -0.4 is 14.9 Å². The molecule has 6 heteroatoms. The lowest BCUT2D eigenvalue weighted by Crippen LogP contribution is -2.23. The third-order valence-corrected chi connectivity index (χ3v) is 5.70. The summed E-state index contributed by atoms with van der Waals surface area (Å²) in [7, 11) is 3.16. The lowest BCUT2D eigenvalue weighted by Gasteiger charge is -2.27. The summed E-state index contributed by atoms with van der Waals surface area (Å²) in [6.45, 7) is 2.49. The van der Waals surface area contributed by atoms with Crippen LogP contribution >= 0.6 is 0 Å². The Hall–Kier alpha value is -2.83. The lowest BCUT2D eigenvalue weighted by molar-refractivity contribution is 0.0509. The Balaban J connectivity index is 1.80. The van der Waals surface area contributed by atoms with E-state index in [1.54, 1.807) is 32.4 Å². The van der Waals surface area contributed by atoms with E-state index in [1.165, 1.54) is 5.56 Å². The third kappa shape index (κ3) is 4.31. The van der Waals surface area contributed by atoms with Crippen molar-refractivity contribution in [3.8, 4) is 11.5 Å². The molecule has 0 aliphatic heterocycles. The normalized spacial score (nSPS) is 14.9. The van der Waals surface area contributed by atoms with E-state index in [2.05, 4.69) is 13.0 Å². The molecule has 0 bridgehead atoms. The lowest BCUT2D eigenvalue weighted by atomic mass is 9.77. The Morgan fingerprint density at radius 1 is 1.00 bits per heavy atom. The van der Waals surface area contributed by atoms with Gasteiger partial charge in [0.2, 0.25) is 0 Å². The summed E-state index contributed by atoms with van der Waals surface area (Å²) < 4.78 is 27.4. The van der Waals surface area contributed by atoms with Crippen molar-refractivity contribution in [1.82, 2.24) is 0 Å². The van der Waals surface area contributed by atoms with E-state index in [1.807, 2.05) is 12.1 Å². The van der Waals surface area contributed by atoms with Gasteiger partial charge < -0.3 is 23.4 Å². The highest BCUT2D eigenvalue weighted by Gasteiger charge is 2.31. The number of ether oxygens (including phenoxy) is 4. The van der Waals surface area contributed by atoms with Gasteiger partial charge in [-0.15, -0.1) is 0 Å². The summed E-state index contributed by atoms with van der Waals surface area (Å²) in [6, 6.07) is 11.4. The zero-order chi connectivity index (χ0) is 21.8. The van der Waals surface area contributed by atoms with Crippen LogP contribution in [0.4, 0.5) is 0 Å². The molecule has 0 spiro atoms. The molecule has 0 radical (unpaired) electrons. The Bertz CT molecular complexity index is 1120. The van der Waals surface area contributed by atoms with Crippen molar-refractivity contribution >= 4 is 11.0 Å². The fraction of sp³-hybridized carbons (Fsp3) is 0.400. The minimum atomic E-state index is 0.0141. The third-order valence-electron chi connectivity index (χ3n) is 5.70. The molecule has 1 heterocycles. The molecule has 3 aromatic rings. The molecule has 31 heavy (non-hydrogen) atoms. The van der Waals surface area contributed by atoms with Gasteiger partial charge in [-0.3, -0.25) is 4.79 Å². The predicted octanol–water partition coefficient (Wildman–Crippen LogP) is 4.98. The zero-order valence-electron chi connectivity index (χ0n) is 18.2. The van der Waals surface area contributed by atoms with E-state index in [4.69, 9.17) is 23.4 Å². The average molecular weight is 424 g/mol. The van der Waals surface area contributed by atoms with E-state index in [0.717, 1.165) is 41.9 Å². The van der Waals surface area contributed by atoms with Crippen molar-refractivity contribution in [3.05, 3.63) is 69.1 Å². The second-order valence-electron chi connectivity index (χ2n) is 7.76. The predicted molar refractivity (Wildman–Crippen MR) is 118 cm³/mol. The first-order valence-corrected chi connectivity index (χ1v) is 10.6. The van der Waals surface area contributed by atoms with Crippen LogP contribution in [0.5, 0.6) is 11.5 Å². The van der Waals surface area contributed by atoms with Crippen molar-refractivity contribution in [1.29, 1.82) is 0 Å². The van der Waals surface area contributed by atoms with Gasteiger partial charge in [-0.1, -0.05) is 25.8 Å². The standard InChI is InChI=1S/C25H28O6/c1-4-5-6-20-19-9-7-17(29-14-27-2)11-16(19)12-23-24(20)25(26)21-10-8-18(30-15-28-3)13-22(21)31-23/h7-11,13,20H,4-6,12,14-15H2,1-3H3. The molecule has 0 amide bonds. The molecule has 6 nitrogen and oxygen atoms in total. The molecule has 1 unspecified atom stereocenters. The van der Waals surface area contributed by atoms with Gasteiger partial charge in [-0.05, 0) is 41.8 Å². The van der Waals surface area contributed by atoms with Crippen LogP contribution in [0.15, 0.2) is 45.6 Å². The monoisotopic (exact) mass is 424 g/mol. The highest BCUT2D eigenvalue weighted by atomic mass is 16.7. The van der Waals surface area contributed by atoms with Crippen molar-refractivity contribution in [2.75, 3.05) is 27.8 Å². The van der Waals surface area contributed by atoms with Crippen LogP contribution in [0, 0.1) is 0 Å². The van der Waals surface area contributed by atoms with Crippen molar-refractivity contribution in [2.45, 2.75) is 38.5 Å². The van der Waals surface area contributed by atoms with Gasteiger partial charge in [0.1, 0.15) is 22.8 Å². The molecule has 1 aliphatic carbocycles. The van der Waals surface area contributed by atoms with Crippen LogP contribution in [0.3, 0.4) is 0 Å². The molecular weight excluding hydrogens is 396 g/mol. The Kier molecular flexibility index (Phi) is 6.59. The van der Waals surface area contributed by atoms with E-state index >= 15 is 0 Å². The smallest absolute Gasteiger partial charge is 0.196 e. The number of unbranched alkanes of at least 4 members (excludes halogenated alkanes) is 1. The SMILES string of the molecule is CCCCC1c2ccc(OCOC)cc2Cc2oc3cc(OCOC)ccc3c(=O)c21. The number of fused-ring (bicyclic) bond motifs is 3. The summed E-state index contributed by atoms with van der Waals surface area (Å²) in [5.41, 5.74) is 3.65. The van der Waals surface area contributed by atoms with Crippen LogP contribution in [0.2, 0.25) is 0 Å². The first kappa shape index (κ1) is 21.4. The second kappa shape index (κ2) is 9.54. The fourth-order valence-corrected chi connectivity index (χ4v) is 4.26. The Morgan fingerprint density at radius 3 is 2.42 bits per heavy atom. The van der Waals surface area contributed by atoms with E-state index in [-0.39, 0.29) is 24.9 Å². The summed E-state index contributed by atoms with van der Waals surface area (Å²) in [5, 5.41) is 0.577. The summed E-state index contributed by atoms with van der Waals surface area (Å²) in [4.78, 5) is 13.5. The minimum Gasteiger partial charge on any atom is -0.468 e. The summed E-state index contributed by atoms with van der Waals surface area (Å²) in [5.74, 6) is 2.09. The molecule has 0 N–H and O–H groups in total. The van der Waals surface area contributed by atoms with Crippen molar-refractivity contribution in [3.63, 3.8) is 0 Å². The fourth-order valence-electron chi connectivity index (χ4n) is 4.26. The first-order chi connectivity index (χ1) is 15.2. The maximum absolute atomic E-state index is 13.5. The summed E-state index contributed by atoms with van der Waals surface area (Å²) >= 11 is 0. The Morgan fingerprint density at radius 2 is 1.71 bits per heavy atom. The number of hydrogen-bond donors (Lipinski definition) is 0. The largest absolute Gasteiger partial charge is 0.468 e. The van der Waals surface area contributed by atoms with E-state index < -0.39 is 0 Å². The molecule has 1 atom stereocenters. The van der Waals surface area contributed by atoms with Gasteiger partial charge in [-0.2, -0.15) is 0 Å². The molecule has 4 rings (SSSR count). The number of methoxy groups -OCH3 is 2. The molecule has 0 fully saturated rings. The van der Waals surface area contributed by atoms with Gasteiger partial charge in [0.25, 0.3) is 0 Å². The number of benzene rings is 2. The van der Waals surface area contributed by atoms with Gasteiger partial charge in [0.05, 0.1) is 5.39 Å². The van der Waals surface area contributed by atoms with Crippen LogP contribution in [0.1, 0.15) is 54.6 Å².